The Morgan fingerprint density at radius 3 is 1.78 bits per heavy atom. The number of carboxylic acid groups (broad SMARTS) is 1. The van der Waals surface area contributed by atoms with Gasteiger partial charge in [-0.2, -0.15) is 0 Å². The van der Waals surface area contributed by atoms with Crippen LogP contribution in [0.1, 0.15) is 126 Å². The zero-order chi connectivity index (χ0) is 50.3. The second-order valence-corrected chi connectivity index (χ2v) is 32.3. The van der Waals surface area contributed by atoms with E-state index in [1.165, 1.54) is 0 Å². The monoisotopic (exact) mass is 1120 g/mol. The summed E-state index contributed by atoms with van der Waals surface area (Å²) in [6, 6.07) is 12.0. The van der Waals surface area contributed by atoms with E-state index in [2.05, 4.69) is 145 Å². The number of pyridine rings is 2. The number of halogens is 4. The van der Waals surface area contributed by atoms with Crippen LogP contribution in [0.3, 0.4) is 0 Å². The van der Waals surface area contributed by atoms with Crippen molar-refractivity contribution in [1.82, 2.24) is 19.5 Å². The number of unbranched alkanes of at least 4 members (excludes halogenated alkanes) is 4. The number of aromatic nitrogens is 4. The first kappa shape index (κ1) is 58.7. The van der Waals surface area contributed by atoms with Gasteiger partial charge in [-0.1, -0.05) is 123 Å². The van der Waals surface area contributed by atoms with Crippen LogP contribution in [0.5, 0.6) is 0 Å². The van der Waals surface area contributed by atoms with Gasteiger partial charge in [0.2, 0.25) is 5.91 Å². The van der Waals surface area contributed by atoms with Gasteiger partial charge in [0.25, 0.3) is 5.97 Å². The number of carboxylic acids is 1. The predicted molar refractivity (Wildman–Crippen MR) is 296 cm³/mol. The van der Waals surface area contributed by atoms with Crippen LogP contribution in [0.4, 0.5) is 11.4 Å². The van der Waals surface area contributed by atoms with Crippen molar-refractivity contribution in [2.24, 2.45) is 0 Å². The molecule has 17 heteroatoms. The second-order valence-electron chi connectivity index (χ2n) is 20.1. The van der Waals surface area contributed by atoms with E-state index in [0.29, 0.717) is 22.4 Å². The van der Waals surface area contributed by atoms with Crippen molar-refractivity contribution >= 4 is 128 Å². The number of anilines is 2. The molecular weight excluding hydrogens is 1050 g/mol. The summed E-state index contributed by atoms with van der Waals surface area (Å²) in [7, 11) is -3.41. The fourth-order valence-electron chi connectivity index (χ4n) is 6.58. The maximum atomic E-state index is 12.4. The lowest BCUT2D eigenvalue weighted by Gasteiger charge is -2.36. The first-order chi connectivity index (χ1) is 31.2. The lowest BCUT2D eigenvalue weighted by molar-refractivity contribution is -0.134. The number of nitrogens with one attached hydrogen (secondary N) is 2. The number of rotatable bonds is 20. The van der Waals surface area contributed by atoms with Gasteiger partial charge in [0.15, 0.2) is 26.9 Å². The van der Waals surface area contributed by atoms with Crippen LogP contribution in [-0.4, -0.2) is 72.9 Å². The molecule has 0 spiro atoms. The highest BCUT2D eigenvalue weighted by molar-refractivity contribution is 9.10. The Morgan fingerprint density at radius 1 is 0.731 bits per heavy atom. The van der Waals surface area contributed by atoms with E-state index >= 15 is 0 Å². The summed E-state index contributed by atoms with van der Waals surface area (Å²) < 4.78 is 17.0. The van der Waals surface area contributed by atoms with Gasteiger partial charge < -0.3 is 29.2 Å². The molecule has 0 unspecified atom stereocenters. The Labute approximate surface area is 429 Å². The van der Waals surface area contributed by atoms with Crippen molar-refractivity contribution < 1.29 is 23.5 Å². The van der Waals surface area contributed by atoms with E-state index in [1.807, 2.05) is 30.3 Å². The fourth-order valence-corrected chi connectivity index (χ4v) is 9.93. The Balaban J connectivity index is 0.000000329. The minimum absolute atomic E-state index is 0.0456. The number of fused-ring (bicyclic) bond motifs is 4. The molecule has 372 valence electrons. The molecule has 0 saturated heterocycles. The van der Waals surface area contributed by atoms with Gasteiger partial charge in [-0.05, 0) is 111 Å². The standard InChI is InChI=1S/C24H37BrClN3O2Si.C24H35BrClN3OSi.C2H4O2/c1-7-8-11-20(30)29-22-21(18-16-17(25)12-13-19(18)28-23(22)26)27-14-9-10-15-31-32(5,6)24(2,3)4;1-7-8-11-20-28-21-22(18-16-17(25)12-13-19(18)27-23(21)26)29(20)14-9-10-15-30-31(5,6)24(2,3)4;1-2(3)4/h12-13,16H,7-11,14-15H2,1-6H3,(H,27,28)(H,29,30);12-13,16H,7-11,14-15H2,1-6H3;1H3,(H,3,4). The Morgan fingerprint density at radius 2 is 1.24 bits per heavy atom. The summed E-state index contributed by atoms with van der Waals surface area (Å²) in [6.45, 7) is 31.5. The SMILES string of the molecule is CC(=O)O.CCCCC(=O)Nc1c(Cl)nc2ccc(Br)cc2c1NCCCCO[Si](C)(C)C(C)(C)C.CCCCc1nc2c(Cl)nc3ccc(Br)cc3c2n1CCCCO[Si](C)(C)C(C)(C)C. The number of imidazole rings is 1. The van der Waals surface area contributed by atoms with E-state index in [0.717, 1.165) is 144 Å². The molecule has 1 amide bonds. The third-order valence-corrected chi connectivity index (χ3v) is 23.1. The van der Waals surface area contributed by atoms with Crippen LogP contribution in [0, 0.1) is 0 Å². The maximum absolute atomic E-state index is 12.4. The molecule has 3 aromatic heterocycles. The number of nitrogens with zero attached hydrogens (tertiary/aromatic N) is 4. The van der Waals surface area contributed by atoms with Gasteiger partial charge in [0.1, 0.15) is 17.0 Å². The molecule has 5 aromatic rings. The molecule has 67 heavy (non-hydrogen) atoms. The van der Waals surface area contributed by atoms with E-state index in [1.54, 1.807) is 0 Å². The molecule has 11 nitrogen and oxygen atoms in total. The number of hydrogen-bond donors (Lipinski definition) is 3. The van der Waals surface area contributed by atoms with Crippen molar-refractivity contribution in [3.63, 3.8) is 0 Å². The molecule has 3 N–H and O–H groups in total. The second kappa shape index (κ2) is 26.5. The van der Waals surface area contributed by atoms with Crippen molar-refractivity contribution in [1.29, 1.82) is 0 Å². The Kier molecular flexibility index (Phi) is 23.2. The number of carbonyl (C=O) groups is 2. The molecule has 0 atom stereocenters. The van der Waals surface area contributed by atoms with Gasteiger partial charge in [-0.15, -0.1) is 0 Å². The largest absolute Gasteiger partial charge is 0.481 e. The van der Waals surface area contributed by atoms with Gasteiger partial charge in [0, 0.05) is 65.8 Å². The highest BCUT2D eigenvalue weighted by Crippen LogP contribution is 2.39. The summed E-state index contributed by atoms with van der Waals surface area (Å²) >= 11 is 20.2. The van der Waals surface area contributed by atoms with Crippen LogP contribution < -0.4 is 10.6 Å². The molecule has 3 heterocycles. The average molecular weight is 1130 g/mol. The van der Waals surface area contributed by atoms with Crippen LogP contribution in [0.2, 0.25) is 46.6 Å². The Bertz CT molecular complexity index is 2420. The topological polar surface area (TPSA) is 140 Å². The number of aliphatic carboxylic acids is 1. The number of benzene rings is 2. The molecule has 5 rings (SSSR count). The summed E-state index contributed by atoms with van der Waals surface area (Å²) in [5, 5.41) is 17.2. The molecular formula is C50H76Br2Cl2N6O5Si2. The number of amides is 1. The molecule has 0 radical (unpaired) electrons. The first-order valence-corrected chi connectivity index (χ1v) is 31.8. The number of hydrogen-bond acceptors (Lipinski definition) is 8. The molecule has 2 aromatic carbocycles. The number of aryl methyl sites for hydroxylation is 2. The zero-order valence-electron chi connectivity index (χ0n) is 42.2. The lowest BCUT2D eigenvalue weighted by atomic mass is 10.1. The molecule has 0 fully saturated rings. The highest BCUT2D eigenvalue weighted by Gasteiger charge is 2.37. The van der Waals surface area contributed by atoms with Crippen LogP contribution in [-0.2, 0) is 31.4 Å². The summed E-state index contributed by atoms with van der Waals surface area (Å²) in [4.78, 5) is 35.4. The molecule has 0 aliphatic carbocycles. The summed E-state index contributed by atoms with van der Waals surface area (Å²) in [6.07, 6.45) is 9.50. The normalized spacial score (nSPS) is 12.2. The third kappa shape index (κ3) is 17.6. The van der Waals surface area contributed by atoms with E-state index in [4.69, 9.17) is 46.9 Å². The number of carbonyl (C=O) groups excluding carboxylic acids is 1. The maximum Gasteiger partial charge on any atom is 0.300 e. The highest BCUT2D eigenvalue weighted by atomic mass is 79.9. The van der Waals surface area contributed by atoms with Crippen LogP contribution >= 0.6 is 55.1 Å². The summed E-state index contributed by atoms with van der Waals surface area (Å²) in [5.41, 5.74) is 4.98. The van der Waals surface area contributed by atoms with Gasteiger partial charge in [0.05, 0.1) is 22.2 Å². The Hall–Kier alpha value is -2.64. The molecule has 0 aliphatic rings. The van der Waals surface area contributed by atoms with Gasteiger partial charge in [-0.25, -0.2) is 15.0 Å². The van der Waals surface area contributed by atoms with Crippen molar-refractivity contribution in [3.05, 3.63) is 61.5 Å². The predicted octanol–water partition coefficient (Wildman–Crippen LogP) is 16.2. The van der Waals surface area contributed by atoms with Gasteiger partial charge >= 0.3 is 0 Å². The van der Waals surface area contributed by atoms with E-state index < -0.39 is 22.6 Å². The minimum Gasteiger partial charge on any atom is -0.481 e. The van der Waals surface area contributed by atoms with E-state index in [9.17, 15) is 4.79 Å². The first-order valence-electron chi connectivity index (χ1n) is 23.7. The quantitative estimate of drug-likeness (QED) is 0.0395. The van der Waals surface area contributed by atoms with Crippen LogP contribution in [0.25, 0.3) is 32.8 Å². The van der Waals surface area contributed by atoms with Crippen molar-refractivity contribution in [2.45, 2.75) is 169 Å². The molecule has 0 aliphatic heterocycles. The zero-order valence-corrected chi connectivity index (χ0v) is 48.9. The smallest absolute Gasteiger partial charge is 0.300 e. The van der Waals surface area contributed by atoms with Crippen molar-refractivity contribution in [3.8, 4) is 0 Å². The summed E-state index contributed by atoms with van der Waals surface area (Å²) in [5.74, 6) is 0.231. The minimum atomic E-state index is -1.72. The van der Waals surface area contributed by atoms with Gasteiger partial charge in [-0.3, -0.25) is 9.59 Å². The van der Waals surface area contributed by atoms with Crippen molar-refractivity contribution in [2.75, 3.05) is 30.4 Å². The van der Waals surface area contributed by atoms with Crippen LogP contribution in [0.15, 0.2) is 45.3 Å². The molecule has 0 saturated carbocycles. The van der Waals surface area contributed by atoms with E-state index in [-0.39, 0.29) is 16.0 Å². The third-order valence-electron chi connectivity index (χ3n) is 12.5. The lowest BCUT2D eigenvalue weighted by Crippen LogP contribution is -2.41. The molecule has 0 bridgehead atoms. The fraction of sp³-hybridized carbons (Fsp3) is 0.580. The average Bonchev–Trinajstić information content (AvgIpc) is 3.60.